The van der Waals surface area contributed by atoms with Crippen LogP contribution in [0.25, 0.3) is 0 Å². The minimum Gasteiger partial charge on any atom is -0.313 e. The van der Waals surface area contributed by atoms with E-state index in [9.17, 15) is 12.8 Å². The monoisotopic (exact) mass is 366 g/mol. The highest BCUT2D eigenvalue weighted by molar-refractivity contribution is 8.93. The fourth-order valence-electron chi connectivity index (χ4n) is 2.44. The standard InChI is InChI=1S/C11H11FN2O2S2.BrH/c12-7-3-1-2-4-8(7)14-9-5-18(15,16)6-10(9)17-11(14)13;/h1-4,9-10,13H,5-6H2;1H/t9-,10+;/m0./s1. The molecule has 0 aliphatic carbocycles. The molecule has 1 aromatic carbocycles. The second kappa shape index (κ2) is 5.06. The second-order valence-electron chi connectivity index (χ2n) is 4.43. The summed E-state index contributed by atoms with van der Waals surface area (Å²) in [5.41, 5.74) is 0.291. The average molecular weight is 367 g/mol. The van der Waals surface area contributed by atoms with Crippen LogP contribution in [0.2, 0.25) is 0 Å². The summed E-state index contributed by atoms with van der Waals surface area (Å²) >= 11 is 1.21. The van der Waals surface area contributed by atoms with Gasteiger partial charge in [0.1, 0.15) is 5.82 Å². The molecule has 0 radical (unpaired) electrons. The molecule has 2 saturated heterocycles. The van der Waals surface area contributed by atoms with Gasteiger partial charge in [0.15, 0.2) is 15.0 Å². The number of rotatable bonds is 1. The lowest BCUT2D eigenvalue weighted by Crippen LogP contribution is -2.37. The highest BCUT2D eigenvalue weighted by atomic mass is 79.9. The number of hydrogen-bond donors (Lipinski definition) is 1. The molecule has 4 nitrogen and oxygen atoms in total. The molecule has 0 saturated carbocycles. The molecular weight excluding hydrogens is 355 g/mol. The summed E-state index contributed by atoms with van der Waals surface area (Å²) in [6.07, 6.45) is 0. The number of para-hydroxylation sites is 1. The fraction of sp³-hybridized carbons (Fsp3) is 0.364. The molecule has 2 fully saturated rings. The number of thioether (sulfide) groups is 1. The summed E-state index contributed by atoms with van der Waals surface area (Å²) in [6.45, 7) is 0. The van der Waals surface area contributed by atoms with Gasteiger partial charge < -0.3 is 4.90 Å². The van der Waals surface area contributed by atoms with Gasteiger partial charge in [-0.05, 0) is 12.1 Å². The third kappa shape index (κ3) is 2.53. The lowest BCUT2D eigenvalue weighted by molar-refractivity contribution is 0.600. The Labute approximate surface area is 125 Å². The summed E-state index contributed by atoms with van der Waals surface area (Å²) in [5.74, 6) is -0.343. The number of nitrogens with one attached hydrogen (secondary N) is 1. The Morgan fingerprint density at radius 3 is 2.68 bits per heavy atom. The molecule has 2 aliphatic heterocycles. The highest BCUT2D eigenvalue weighted by Gasteiger charge is 2.49. The van der Waals surface area contributed by atoms with Gasteiger partial charge in [0.2, 0.25) is 0 Å². The number of amidine groups is 1. The zero-order valence-electron chi connectivity index (χ0n) is 9.74. The molecule has 19 heavy (non-hydrogen) atoms. The quantitative estimate of drug-likeness (QED) is 0.826. The molecule has 2 atom stereocenters. The van der Waals surface area contributed by atoms with Crippen molar-refractivity contribution in [2.45, 2.75) is 11.3 Å². The van der Waals surface area contributed by atoms with Crippen molar-refractivity contribution in [1.29, 1.82) is 5.41 Å². The maximum absolute atomic E-state index is 13.8. The number of fused-ring (bicyclic) bond motifs is 1. The van der Waals surface area contributed by atoms with Gasteiger partial charge in [0.05, 0.1) is 23.2 Å². The number of benzene rings is 1. The molecule has 0 amide bonds. The number of anilines is 1. The summed E-state index contributed by atoms with van der Waals surface area (Å²) in [7, 11) is -3.06. The van der Waals surface area contributed by atoms with Crippen molar-refractivity contribution >= 4 is 49.4 Å². The van der Waals surface area contributed by atoms with E-state index in [0.29, 0.717) is 5.69 Å². The van der Waals surface area contributed by atoms with Crippen molar-refractivity contribution in [2.24, 2.45) is 0 Å². The van der Waals surface area contributed by atoms with E-state index in [1.165, 1.54) is 22.7 Å². The Hall–Kier alpha value is -0.600. The summed E-state index contributed by atoms with van der Waals surface area (Å²) in [5, 5.41) is 7.97. The molecule has 2 heterocycles. The third-order valence-electron chi connectivity index (χ3n) is 3.20. The molecule has 1 N–H and O–H groups in total. The molecule has 0 spiro atoms. The fourth-order valence-corrected chi connectivity index (χ4v) is 6.22. The summed E-state index contributed by atoms with van der Waals surface area (Å²) < 4.78 is 37.0. The van der Waals surface area contributed by atoms with Crippen LogP contribution in [0.3, 0.4) is 0 Å². The normalized spacial score (nSPS) is 28.1. The van der Waals surface area contributed by atoms with Crippen LogP contribution in [-0.4, -0.2) is 36.4 Å². The van der Waals surface area contributed by atoms with Crippen molar-refractivity contribution in [3.8, 4) is 0 Å². The first-order chi connectivity index (χ1) is 8.48. The van der Waals surface area contributed by atoms with Crippen molar-refractivity contribution in [3.05, 3.63) is 30.1 Å². The predicted octanol–water partition coefficient (Wildman–Crippen LogP) is 2.06. The van der Waals surface area contributed by atoms with E-state index in [1.54, 1.807) is 18.2 Å². The minimum absolute atomic E-state index is 0. The van der Waals surface area contributed by atoms with Gasteiger partial charge in [0.25, 0.3) is 0 Å². The van der Waals surface area contributed by atoms with E-state index in [-0.39, 0.29) is 44.9 Å². The maximum atomic E-state index is 13.8. The lowest BCUT2D eigenvalue weighted by Gasteiger charge is -2.24. The maximum Gasteiger partial charge on any atom is 0.161 e. The molecule has 8 heteroatoms. The molecule has 3 rings (SSSR count). The molecular formula is C11H12BrFN2O2S2. The predicted molar refractivity (Wildman–Crippen MR) is 80.7 cm³/mol. The molecule has 0 bridgehead atoms. The number of hydrogen-bond acceptors (Lipinski definition) is 4. The number of nitrogens with zero attached hydrogens (tertiary/aromatic N) is 1. The molecule has 0 unspecified atom stereocenters. The van der Waals surface area contributed by atoms with Crippen LogP contribution < -0.4 is 4.90 Å². The van der Waals surface area contributed by atoms with Crippen molar-refractivity contribution in [2.75, 3.05) is 16.4 Å². The van der Waals surface area contributed by atoms with Crippen LogP contribution >= 0.6 is 28.7 Å². The van der Waals surface area contributed by atoms with Gasteiger partial charge in [-0.25, -0.2) is 12.8 Å². The van der Waals surface area contributed by atoms with E-state index in [2.05, 4.69) is 0 Å². The molecule has 1 aromatic rings. The van der Waals surface area contributed by atoms with Gasteiger partial charge >= 0.3 is 0 Å². The van der Waals surface area contributed by atoms with Crippen LogP contribution in [0.1, 0.15) is 0 Å². The average Bonchev–Trinajstić information content (AvgIpc) is 2.70. The van der Waals surface area contributed by atoms with E-state index in [1.807, 2.05) is 0 Å². The first kappa shape index (κ1) is 14.8. The van der Waals surface area contributed by atoms with Gasteiger partial charge in [-0.1, -0.05) is 23.9 Å². The smallest absolute Gasteiger partial charge is 0.161 e. The van der Waals surface area contributed by atoms with E-state index >= 15 is 0 Å². The molecule has 104 valence electrons. The van der Waals surface area contributed by atoms with E-state index < -0.39 is 15.7 Å². The first-order valence-electron chi connectivity index (χ1n) is 5.47. The van der Waals surface area contributed by atoms with Crippen LogP contribution in [0.5, 0.6) is 0 Å². The zero-order valence-corrected chi connectivity index (χ0v) is 13.1. The Bertz CT molecular complexity index is 623. The van der Waals surface area contributed by atoms with Gasteiger partial charge in [0, 0.05) is 5.25 Å². The van der Waals surface area contributed by atoms with E-state index in [0.717, 1.165) is 0 Å². The van der Waals surface area contributed by atoms with Gasteiger partial charge in [-0.15, -0.1) is 17.0 Å². The number of sulfone groups is 1. The lowest BCUT2D eigenvalue weighted by atomic mass is 10.2. The van der Waals surface area contributed by atoms with Crippen LogP contribution in [0.15, 0.2) is 24.3 Å². The SMILES string of the molecule is Br.N=C1S[C@@H]2CS(=O)(=O)C[C@@H]2N1c1ccccc1F. The largest absolute Gasteiger partial charge is 0.313 e. The second-order valence-corrected chi connectivity index (χ2v) is 7.81. The minimum atomic E-state index is -3.06. The highest BCUT2D eigenvalue weighted by Crippen LogP contribution is 2.40. The summed E-state index contributed by atoms with van der Waals surface area (Å²) in [4.78, 5) is 1.51. The van der Waals surface area contributed by atoms with E-state index in [4.69, 9.17) is 5.41 Å². The number of halogens is 2. The topological polar surface area (TPSA) is 61.2 Å². The van der Waals surface area contributed by atoms with Crippen LogP contribution in [0, 0.1) is 11.2 Å². The van der Waals surface area contributed by atoms with Crippen molar-refractivity contribution in [3.63, 3.8) is 0 Å². The van der Waals surface area contributed by atoms with Crippen molar-refractivity contribution in [1.82, 2.24) is 0 Å². The Balaban J connectivity index is 0.00000133. The van der Waals surface area contributed by atoms with Crippen molar-refractivity contribution < 1.29 is 12.8 Å². The molecule has 0 aromatic heterocycles. The van der Waals surface area contributed by atoms with Crippen LogP contribution in [-0.2, 0) is 9.84 Å². The Morgan fingerprint density at radius 1 is 1.32 bits per heavy atom. The molecule has 2 aliphatic rings. The van der Waals surface area contributed by atoms with Crippen LogP contribution in [0.4, 0.5) is 10.1 Å². The first-order valence-corrected chi connectivity index (χ1v) is 8.17. The zero-order chi connectivity index (χ0) is 12.9. The third-order valence-corrected chi connectivity index (χ3v) is 6.33. The Morgan fingerprint density at radius 2 is 2.00 bits per heavy atom. The summed E-state index contributed by atoms with van der Waals surface area (Å²) in [6, 6.07) is 5.85. The van der Waals surface area contributed by atoms with Gasteiger partial charge in [-0.3, -0.25) is 5.41 Å². The van der Waals surface area contributed by atoms with Gasteiger partial charge in [-0.2, -0.15) is 0 Å². The Kier molecular flexibility index (Phi) is 3.95.